The molecule has 2 unspecified atom stereocenters. The van der Waals surface area contributed by atoms with Crippen molar-refractivity contribution < 1.29 is 0 Å². The second-order valence-electron chi connectivity index (χ2n) is 5.00. The topological polar surface area (TPSA) is 48.7 Å². The molecule has 3 nitrogen and oxygen atoms in total. The van der Waals surface area contributed by atoms with Gasteiger partial charge in [0.1, 0.15) is 16.9 Å². The summed E-state index contributed by atoms with van der Waals surface area (Å²) in [6.45, 7) is 2.27. The molecule has 1 saturated carbocycles. The highest BCUT2D eigenvalue weighted by atomic mass is 35.5. The Morgan fingerprint density at radius 1 is 1.39 bits per heavy atom. The number of nitriles is 1. The summed E-state index contributed by atoms with van der Waals surface area (Å²) in [4.78, 5) is 4.25. The summed E-state index contributed by atoms with van der Waals surface area (Å²) in [5.74, 6) is 1.27. The van der Waals surface area contributed by atoms with Crippen LogP contribution in [0, 0.1) is 17.2 Å². The van der Waals surface area contributed by atoms with E-state index in [0.29, 0.717) is 28.4 Å². The molecule has 1 aliphatic rings. The van der Waals surface area contributed by atoms with Crippen molar-refractivity contribution in [2.24, 2.45) is 5.92 Å². The van der Waals surface area contributed by atoms with E-state index in [1.165, 1.54) is 25.7 Å². The van der Waals surface area contributed by atoms with Crippen molar-refractivity contribution in [1.82, 2.24) is 4.98 Å². The average Bonchev–Trinajstić information content (AvgIpc) is 2.57. The first-order valence-corrected chi connectivity index (χ1v) is 6.91. The predicted octanol–water partition coefficient (Wildman–Crippen LogP) is 3.99. The first kappa shape index (κ1) is 13.2. The van der Waals surface area contributed by atoms with Crippen molar-refractivity contribution in [3.05, 3.63) is 22.8 Å². The molecular weight excluding hydrogens is 246 g/mol. The van der Waals surface area contributed by atoms with Crippen LogP contribution in [0.15, 0.2) is 12.3 Å². The Kier molecular flexibility index (Phi) is 4.43. The number of nitrogens with one attached hydrogen (secondary N) is 1. The van der Waals surface area contributed by atoms with E-state index in [2.05, 4.69) is 23.3 Å². The van der Waals surface area contributed by atoms with Crippen LogP contribution in [-0.2, 0) is 0 Å². The molecule has 0 amide bonds. The summed E-state index contributed by atoms with van der Waals surface area (Å²) in [5, 5.41) is 12.8. The summed E-state index contributed by atoms with van der Waals surface area (Å²) >= 11 is 6.17. The number of halogens is 1. The number of aromatic nitrogens is 1. The highest BCUT2D eigenvalue weighted by Gasteiger charge is 2.21. The summed E-state index contributed by atoms with van der Waals surface area (Å²) < 4.78 is 0. The SMILES string of the molecule is CC1CCCCCC1Nc1nccc(C#N)c1Cl. The van der Waals surface area contributed by atoms with E-state index in [1.807, 2.05) is 0 Å². The van der Waals surface area contributed by atoms with E-state index in [4.69, 9.17) is 16.9 Å². The Morgan fingerprint density at radius 2 is 2.17 bits per heavy atom. The molecule has 0 radical (unpaired) electrons. The van der Waals surface area contributed by atoms with Gasteiger partial charge in [-0.25, -0.2) is 4.98 Å². The molecule has 0 aromatic carbocycles. The van der Waals surface area contributed by atoms with Gasteiger partial charge in [0.15, 0.2) is 0 Å². The van der Waals surface area contributed by atoms with Gasteiger partial charge in [-0.15, -0.1) is 0 Å². The van der Waals surface area contributed by atoms with Gasteiger partial charge in [-0.3, -0.25) is 0 Å². The Bertz CT molecular complexity index is 453. The smallest absolute Gasteiger partial charge is 0.146 e. The van der Waals surface area contributed by atoms with Crippen LogP contribution < -0.4 is 5.32 Å². The molecule has 1 aromatic heterocycles. The van der Waals surface area contributed by atoms with Gasteiger partial charge >= 0.3 is 0 Å². The molecule has 0 saturated heterocycles. The summed E-state index contributed by atoms with van der Waals surface area (Å²) in [5.41, 5.74) is 0.482. The minimum Gasteiger partial charge on any atom is -0.366 e. The number of hydrogen-bond donors (Lipinski definition) is 1. The van der Waals surface area contributed by atoms with Gasteiger partial charge in [0.2, 0.25) is 0 Å². The van der Waals surface area contributed by atoms with E-state index in [1.54, 1.807) is 12.3 Å². The third-order valence-electron chi connectivity index (χ3n) is 3.69. The summed E-state index contributed by atoms with van der Waals surface area (Å²) in [7, 11) is 0. The van der Waals surface area contributed by atoms with Crippen LogP contribution in [0.2, 0.25) is 5.02 Å². The molecule has 0 bridgehead atoms. The Hall–Kier alpha value is -1.27. The molecule has 1 aromatic rings. The Labute approximate surface area is 113 Å². The van der Waals surface area contributed by atoms with Gasteiger partial charge in [0.25, 0.3) is 0 Å². The zero-order chi connectivity index (χ0) is 13.0. The Balaban J connectivity index is 2.15. The van der Waals surface area contributed by atoms with Crippen molar-refractivity contribution in [2.75, 3.05) is 5.32 Å². The van der Waals surface area contributed by atoms with E-state index >= 15 is 0 Å². The van der Waals surface area contributed by atoms with E-state index < -0.39 is 0 Å². The molecule has 2 rings (SSSR count). The Morgan fingerprint density at radius 3 is 2.94 bits per heavy atom. The largest absolute Gasteiger partial charge is 0.366 e. The minimum absolute atomic E-state index is 0.409. The highest BCUT2D eigenvalue weighted by molar-refractivity contribution is 6.34. The van der Waals surface area contributed by atoms with Gasteiger partial charge in [0, 0.05) is 12.2 Å². The van der Waals surface area contributed by atoms with Gasteiger partial charge in [-0.05, 0) is 24.8 Å². The third-order valence-corrected chi connectivity index (χ3v) is 4.08. The van der Waals surface area contributed by atoms with Crippen LogP contribution in [0.3, 0.4) is 0 Å². The van der Waals surface area contributed by atoms with Crippen LogP contribution in [-0.4, -0.2) is 11.0 Å². The fraction of sp³-hybridized carbons (Fsp3) is 0.571. The quantitative estimate of drug-likeness (QED) is 0.821. The molecule has 0 aliphatic heterocycles. The van der Waals surface area contributed by atoms with E-state index in [0.717, 1.165) is 6.42 Å². The third kappa shape index (κ3) is 2.94. The lowest BCUT2D eigenvalue weighted by Crippen LogP contribution is -2.26. The highest BCUT2D eigenvalue weighted by Crippen LogP contribution is 2.29. The minimum atomic E-state index is 0.409. The van der Waals surface area contributed by atoms with E-state index in [-0.39, 0.29) is 0 Å². The van der Waals surface area contributed by atoms with Crippen LogP contribution in [0.5, 0.6) is 0 Å². The lowest BCUT2D eigenvalue weighted by Gasteiger charge is -2.23. The van der Waals surface area contributed by atoms with Crippen LogP contribution in [0.4, 0.5) is 5.82 Å². The maximum atomic E-state index is 8.96. The molecule has 18 heavy (non-hydrogen) atoms. The first-order valence-electron chi connectivity index (χ1n) is 6.53. The first-order chi connectivity index (χ1) is 8.72. The number of hydrogen-bond acceptors (Lipinski definition) is 3. The average molecular weight is 264 g/mol. The molecule has 96 valence electrons. The van der Waals surface area contributed by atoms with Crippen LogP contribution in [0.25, 0.3) is 0 Å². The molecule has 1 fully saturated rings. The predicted molar refractivity (Wildman–Crippen MR) is 73.6 cm³/mol. The fourth-order valence-electron chi connectivity index (χ4n) is 2.51. The van der Waals surface area contributed by atoms with Crippen molar-refractivity contribution >= 4 is 17.4 Å². The number of nitrogens with zero attached hydrogens (tertiary/aromatic N) is 2. The molecular formula is C14H18ClN3. The zero-order valence-electron chi connectivity index (χ0n) is 10.6. The second kappa shape index (κ2) is 6.06. The van der Waals surface area contributed by atoms with Gasteiger partial charge in [-0.1, -0.05) is 37.8 Å². The van der Waals surface area contributed by atoms with Crippen molar-refractivity contribution in [2.45, 2.75) is 45.1 Å². The summed E-state index contributed by atoms with van der Waals surface area (Å²) in [6, 6.07) is 4.14. The molecule has 1 aliphatic carbocycles. The normalized spacial score (nSPS) is 24.1. The maximum Gasteiger partial charge on any atom is 0.146 e. The molecule has 0 spiro atoms. The molecule has 1 heterocycles. The molecule has 4 heteroatoms. The van der Waals surface area contributed by atoms with Crippen molar-refractivity contribution in [3.63, 3.8) is 0 Å². The second-order valence-corrected chi connectivity index (χ2v) is 5.38. The zero-order valence-corrected chi connectivity index (χ0v) is 11.4. The number of rotatable bonds is 2. The summed E-state index contributed by atoms with van der Waals surface area (Å²) in [6.07, 6.45) is 7.88. The maximum absolute atomic E-state index is 8.96. The standard InChI is InChI=1S/C14H18ClN3/c1-10-5-3-2-4-6-12(10)18-14-13(15)11(9-16)7-8-17-14/h7-8,10,12H,2-6H2,1H3,(H,17,18). The van der Waals surface area contributed by atoms with Gasteiger partial charge in [-0.2, -0.15) is 5.26 Å². The monoisotopic (exact) mass is 263 g/mol. The lowest BCUT2D eigenvalue weighted by atomic mass is 9.97. The van der Waals surface area contributed by atoms with Gasteiger partial charge < -0.3 is 5.32 Å². The van der Waals surface area contributed by atoms with E-state index in [9.17, 15) is 0 Å². The molecule has 2 atom stereocenters. The number of pyridine rings is 1. The van der Waals surface area contributed by atoms with Crippen molar-refractivity contribution in [1.29, 1.82) is 5.26 Å². The van der Waals surface area contributed by atoms with Crippen LogP contribution >= 0.6 is 11.6 Å². The fourth-order valence-corrected chi connectivity index (χ4v) is 2.72. The number of anilines is 1. The lowest BCUT2D eigenvalue weighted by molar-refractivity contribution is 0.455. The van der Waals surface area contributed by atoms with Crippen LogP contribution in [0.1, 0.15) is 44.6 Å². The van der Waals surface area contributed by atoms with Crippen molar-refractivity contribution in [3.8, 4) is 6.07 Å². The molecule has 1 N–H and O–H groups in total. The van der Waals surface area contributed by atoms with Gasteiger partial charge in [0.05, 0.1) is 5.56 Å².